The minimum atomic E-state index is -4.23. The average Bonchev–Trinajstić information content (AvgIpc) is 2.59. The van der Waals surface area contributed by atoms with E-state index in [1.165, 1.54) is 0 Å². The first-order chi connectivity index (χ1) is 8.44. The summed E-state index contributed by atoms with van der Waals surface area (Å²) >= 11 is 0. The Hall–Kier alpha value is -1.08. The molecule has 1 aliphatic rings. The van der Waals surface area contributed by atoms with Crippen LogP contribution in [0.3, 0.4) is 0 Å². The largest absolute Gasteiger partial charge is 0.411 e. The van der Waals surface area contributed by atoms with Crippen LogP contribution >= 0.6 is 0 Å². The lowest BCUT2D eigenvalue weighted by molar-refractivity contribution is -0.175. The Bertz CT molecular complexity index is 385. The smallest absolute Gasteiger partial charge is 0.371 e. The van der Waals surface area contributed by atoms with Crippen LogP contribution < -0.4 is 0 Å². The molecule has 0 spiro atoms. The van der Waals surface area contributed by atoms with Crippen LogP contribution in [0, 0.1) is 6.92 Å². The molecule has 0 radical (unpaired) electrons. The van der Waals surface area contributed by atoms with E-state index >= 15 is 0 Å². The molecular formula is C11H16F3N3O. The van der Waals surface area contributed by atoms with Crippen molar-refractivity contribution in [3.8, 4) is 0 Å². The highest BCUT2D eigenvalue weighted by Gasteiger charge is 2.30. The summed E-state index contributed by atoms with van der Waals surface area (Å²) in [7, 11) is 0. The van der Waals surface area contributed by atoms with Crippen molar-refractivity contribution in [1.82, 2.24) is 14.7 Å². The first-order valence-electron chi connectivity index (χ1n) is 5.81. The van der Waals surface area contributed by atoms with Crippen molar-refractivity contribution >= 4 is 0 Å². The molecule has 0 atom stereocenters. The molecule has 2 heterocycles. The monoisotopic (exact) mass is 263 g/mol. The number of rotatable bonds is 5. The fraction of sp³-hybridized carbons (Fsp3) is 0.727. The summed E-state index contributed by atoms with van der Waals surface area (Å²) in [6.07, 6.45) is -0.457. The Kier molecular flexibility index (Phi) is 3.91. The highest BCUT2D eigenvalue weighted by atomic mass is 19.4. The molecular weight excluding hydrogens is 247 g/mol. The molecule has 0 saturated carbocycles. The summed E-state index contributed by atoms with van der Waals surface area (Å²) in [5.41, 5.74) is 1.11. The number of nitrogens with zero attached hydrogens (tertiary/aromatic N) is 3. The van der Waals surface area contributed by atoms with Gasteiger partial charge in [-0.25, -0.2) is 0 Å². The third-order valence-corrected chi connectivity index (χ3v) is 2.86. The van der Waals surface area contributed by atoms with Gasteiger partial charge in [-0.15, -0.1) is 0 Å². The Morgan fingerprint density at radius 3 is 2.72 bits per heavy atom. The second-order valence-electron chi connectivity index (χ2n) is 4.58. The number of likely N-dealkylation sites (tertiary alicyclic amines) is 1. The van der Waals surface area contributed by atoms with Crippen molar-refractivity contribution in [3.63, 3.8) is 0 Å². The molecule has 7 heteroatoms. The maximum absolute atomic E-state index is 11.8. The molecule has 18 heavy (non-hydrogen) atoms. The van der Waals surface area contributed by atoms with Gasteiger partial charge in [-0.05, 0) is 12.5 Å². The van der Waals surface area contributed by atoms with E-state index in [0.29, 0.717) is 12.6 Å². The second-order valence-corrected chi connectivity index (χ2v) is 4.58. The first-order valence-corrected chi connectivity index (χ1v) is 5.81. The molecule has 1 saturated heterocycles. The van der Waals surface area contributed by atoms with Crippen LogP contribution in [0.1, 0.15) is 11.6 Å². The van der Waals surface area contributed by atoms with E-state index in [1.54, 1.807) is 6.20 Å². The van der Waals surface area contributed by atoms with Gasteiger partial charge >= 0.3 is 6.18 Å². The summed E-state index contributed by atoms with van der Waals surface area (Å²) in [5, 5.41) is 4.21. The van der Waals surface area contributed by atoms with Crippen molar-refractivity contribution < 1.29 is 17.9 Å². The number of hydrogen-bond donors (Lipinski definition) is 0. The van der Waals surface area contributed by atoms with E-state index in [0.717, 1.165) is 18.7 Å². The van der Waals surface area contributed by atoms with Crippen LogP contribution in [-0.2, 0) is 4.74 Å². The highest BCUT2D eigenvalue weighted by molar-refractivity contribution is 5.02. The Balaban J connectivity index is 1.59. The third kappa shape index (κ3) is 3.71. The lowest BCUT2D eigenvalue weighted by Crippen LogP contribution is -2.49. The van der Waals surface area contributed by atoms with Gasteiger partial charge in [-0.2, -0.15) is 18.3 Å². The number of hydrogen-bond acceptors (Lipinski definition) is 3. The normalized spacial score (nSPS) is 18.0. The topological polar surface area (TPSA) is 30.3 Å². The van der Waals surface area contributed by atoms with Gasteiger partial charge in [0.25, 0.3) is 0 Å². The van der Waals surface area contributed by atoms with Crippen LogP contribution in [0.25, 0.3) is 0 Å². The molecule has 102 valence electrons. The summed E-state index contributed by atoms with van der Waals surface area (Å²) in [5.74, 6) is 0. The maximum atomic E-state index is 11.8. The van der Waals surface area contributed by atoms with E-state index in [-0.39, 0.29) is 6.61 Å². The Morgan fingerprint density at radius 2 is 2.17 bits per heavy atom. The molecule has 0 bridgehead atoms. The number of alkyl halides is 3. The molecule has 4 nitrogen and oxygen atoms in total. The molecule has 0 aromatic carbocycles. The van der Waals surface area contributed by atoms with Gasteiger partial charge in [0.15, 0.2) is 0 Å². The van der Waals surface area contributed by atoms with Crippen molar-refractivity contribution in [2.24, 2.45) is 0 Å². The number of aromatic nitrogens is 2. The highest BCUT2D eigenvalue weighted by Crippen LogP contribution is 2.20. The summed E-state index contributed by atoms with van der Waals surface area (Å²) in [4.78, 5) is 2.05. The van der Waals surface area contributed by atoms with Gasteiger partial charge in [0.1, 0.15) is 6.61 Å². The summed E-state index contributed by atoms with van der Waals surface area (Å²) in [6, 6.07) is 0.335. The zero-order valence-corrected chi connectivity index (χ0v) is 10.2. The first kappa shape index (κ1) is 13.4. The van der Waals surface area contributed by atoms with E-state index in [9.17, 15) is 13.2 Å². The minimum absolute atomic E-state index is 0.115. The van der Waals surface area contributed by atoms with Gasteiger partial charge in [0, 0.05) is 25.8 Å². The van der Waals surface area contributed by atoms with Gasteiger partial charge in [0.2, 0.25) is 0 Å². The van der Waals surface area contributed by atoms with Crippen molar-refractivity contribution in [2.45, 2.75) is 19.1 Å². The molecule has 0 amide bonds. The maximum Gasteiger partial charge on any atom is 0.411 e. The van der Waals surface area contributed by atoms with Gasteiger partial charge in [-0.1, -0.05) is 0 Å². The van der Waals surface area contributed by atoms with Gasteiger partial charge in [0.05, 0.1) is 18.8 Å². The Morgan fingerprint density at radius 1 is 1.44 bits per heavy atom. The second kappa shape index (κ2) is 5.27. The van der Waals surface area contributed by atoms with Gasteiger partial charge < -0.3 is 4.74 Å². The third-order valence-electron chi connectivity index (χ3n) is 2.86. The predicted molar refractivity (Wildman–Crippen MR) is 59.3 cm³/mol. The number of aryl methyl sites for hydroxylation is 1. The zero-order chi connectivity index (χ0) is 13.2. The van der Waals surface area contributed by atoms with Crippen molar-refractivity contribution in [1.29, 1.82) is 0 Å². The van der Waals surface area contributed by atoms with Crippen LogP contribution in [0.2, 0.25) is 0 Å². The fourth-order valence-corrected chi connectivity index (χ4v) is 1.91. The summed E-state index contributed by atoms with van der Waals surface area (Å²) < 4.78 is 41.9. The molecule has 0 N–H and O–H groups in total. The molecule has 0 aliphatic carbocycles. The SMILES string of the molecule is Cc1cnn(C2CN(CCOCC(F)(F)F)C2)c1. The molecule has 1 aliphatic heterocycles. The lowest BCUT2D eigenvalue weighted by atomic mass is 10.1. The molecule has 2 rings (SSSR count). The van der Waals surface area contributed by atoms with Crippen LogP contribution in [-0.4, -0.2) is 53.7 Å². The van der Waals surface area contributed by atoms with E-state index in [2.05, 4.69) is 14.7 Å². The quantitative estimate of drug-likeness (QED) is 0.756. The van der Waals surface area contributed by atoms with E-state index in [1.807, 2.05) is 17.8 Å². The zero-order valence-electron chi connectivity index (χ0n) is 10.2. The van der Waals surface area contributed by atoms with Crippen LogP contribution in [0.15, 0.2) is 12.4 Å². The fourth-order valence-electron chi connectivity index (χ4n) is 1.91. The predicted octanol–water partition coefficient (Wildman–Crippen LogP) is 1.63. The molecule has 1 fully saturated rings. The van der Waals surface area contributed by atoms with Crippen LogP contribution in [0.4, 0.5) is 13.2 Å². The molecule has 1 aromatic rings. The van der Waals surface area contributed by atoms with Crippen molar-refractivity contribution in [2.75, 3.05) is 32.8 Å². The Labute approximate surface area is 103 Å². The van der Waals surface area contributed by atoms with Crippen LogP contribution in [0.5, 0.6) is 0 Å². The minimum Gasteiger partial charge on any atom is -0.371 e. The van der Waals surface area contributed by atoms with Crippen molar-refractivity contribution in [3.05, 3.63) is 18.0 Å². The van der Waals surface area contributed by atoms with Gasteiger partial charge in [-0.3, -0.25) is 9.58 Å². The van der Waals surface area contributed by atoms with E-state index < -0.39 is 12.8 Å². The number of halogens is 3. The van der Waals surface area contributed by atoms with E-state index in [4.69, 9.17) is 0 Å². The number of ether oxygens (including phenoxy) is 1. The summed E-state index contributed by atoms with van der Waals surface area (Å²) in [6.45, 7) is 3.09. The molecule has 1 aromatic heterocycles. The molecule has 0 unspecified atom stereocenters. The average molecular weight is 263 g/mol. The lowest BCUT2D eigenvalue weighted by Gasteiger charge is -2.39. The standard InChI is InChI=1S/C11H16F3N3O/c1-9-4-15-17(5-9)10-6-16(7-10)2-3-18-8-11(12,13)14/h4-5,10H,2-3,6-8H2,1H3.